The summed E-state index contributed by atoms with van der Waals surface area (Å²) < 4.78 is 1.83. The number of hydrogen-bond acceptors (Lipinski definition) is 6. The van der Waals surface area contributed by atoms with Gasteiger partial charge in [-0.2, -0.15) is 11.8 Å². The van der Waals surface area contributed by atoms with E-state index in [1.165, 1.54) is 18.2 Å². The van der Waals surface area contributed by atoms with E-state index in [1.807, 2.05) is 35.1 Å². The lowest BCUT2D eigenvalue weighted by atomic mass is 10.2. The fourth-order valence-corrected chi connectivity index (χ4v) is 3.09. The third-order valence-corrected chi connectivity index (χ3v) is 4.53. The zero-order valence-corrected chi connectivity index (χ0v) is 15.3. The third kappa shape index (κ3) is 4.53. The van der Waals surface area contributed by atoms with Crippen molar-refractivity contribution in [3.05, 3.63) is 64.6 Å². The number of amides is 2. The van der Waals surface area contributed by atoms with E-state index in [0.29, 0.717) is 23.6 Å². The second-order valence-electron chi connectivity index (χ2n) is 5.73. The first-order valence-electron chi connectivity index (χ1n) is 8.19. The second kappa shape index (κ2) is 8.49. The van der Waals surface area contributed by atoms with Gasteiger partial charge in [-0.05, 0) is 36.6 Å². The number of nitrogens with zero attached hydrogens (tertiary/aromatic N) is 4. The van der Waals surface area contributed by atoms with Gasteiger partial charge in [0, 0.05) is 24.0 Å². The van der Waals surface area contributed by atoms with Gasteiger partial charge in [0.1, 0.15) is 0 Å². The number of aromatic nitrogens is 3. The van der Waals surface area contributed by atoms with Crippen molar-refractivity contribution in [1.29, 1.82) is 0 Å². The normalized spacial score (nSPS) is 11.9. The molecule has 1 atom stereocenters. The first-order chi connectivity index (χ1) is 13.1. The van der Waals surface area contributed by atoms with Crippen molar-refractivity contribution in [1.82, 2.24) is 19.9 Å². The summed E-state index contributed by atoms with van der Waals surface area (Å²) in [5.41, 5.74) is 0.953. The van der Waals surface area contributed by atoms with Gasteiger partial charge in [-0.1, -0.05) is 12.1 Å². The lowest BCUT2D eigenvalue weighted by Crippen LogP contribution is -2.34. The molecule has 0 aliphatic rings. The van der Waals surface area contributed by atoms with E-state index in [1.54, 1.807) is 17.8 Å². The first kappa shape index (κ1) is 18.6. The molecule has 2 N–H and O–H groups in total. The van der Waals surface area contributed by atoms with Crippen molar-refractivity contribution < 1.29 is 9.72 Å². The number of anilines is 1. The number of carbonyl (C=O) groups excluding carboxylic acids is 1. The van der Waals surface area contributed by atoms with Crippen LogP contribution in [0.2, 0.25) is 0 Å². The highest BCUT2D eigenvalue weighted by molar-refractivity contribution is 7.98. The first-order valence-corrected chi connectivity index (χ1v) is 9.58. The van der Waals surface area contributed by atoms with E-state index < -0.39 is 11.0 Å². The van der Waals surface area contributed by atoms with Gasteiger partial charge in [0.05, 0.1) is 11.0 Å². The molecule has 0 unspecified atom stereocenters. The van der Waals surface area contributed by atoms with Crippen LogP contribution in [0.25, 0.3) is 5.65 Å². The molecule has 0 aliphatic heterocycles. The summed E-state index contributed by atoms with van der Waals surface area (Å²) >= 11 is 1.66. The van der Waals surface area contributed by atoms with E-state index in [-0.39, 0.29) is 11.7 Å². The van der Waals surface area contributed by atoms with Crippen LogP contribution in [0.1, 0.15) is 18.3 Å². The Morgan fingerprint density at radius 3 is 2.93 bits per heavy atom. The minimum atomic E-state index is -0.507. The highest BCUT2D eigenvalue weighted by Gasteiger charge is 2.20. The summed E-state index contributed by atoms with van der Waals surface area (Å²) in [5.74, 6) is 1.46. The molecular formula is C17H18N6O3S. The highest BCUT2D eigenvalue weighted by atomic mass is 32.2. The summed E-state index contributed by atoms with van der Waals surface area (Å²) in [6.07, 6.45) is 4.50. The Bertz CT molecular complexity index is 961. The van der Waals surface area contributed by atoms with Crippen LogP contribution in [0.5, 0.6) is 0 Å². The van der Waals surface area contributed by atoms with Crippen molar-refractivity contribution in [3.63, 3.8) is 0 Å². The largest absolute Gasteiger partial charge is 0.328 e. The fraction of sp³-hybridized carbons (Fsp3) is 0.235. The van der Waals surface area contributed by atoms with Crippen LogP contribution < -0.4 is 10.6 Å². The van der Waals surface area contributed by atoms with E-state index in [0.717, 1.165) is 5.75 Å². The number of nitro groups is 1. The standard InChI is InChI=1S/C17H18N6O3S/c1-27-10-8-14(16-21-20-15-7-2-3-9-22(15)16)19-17(24)18-12-5-4-6-13(11-12)23(25)26/h2-7,9,11,14H,8,10H2,1H3,(H2,18,19,24)/t14-/m1/s1. The summed E-state index contributed by atoms with van der Waals surface area (Å²) in [7, 11) is 0. The lowest BCUT2D eigenvalue weighted by molar-refractivity contribution is -0.384. The molecule has 140 valence electrons. The van der Waals surface area contributed by atoms with E-state index in [9.17, 15) is 14.9 Å². The molecule has 0 bridgehead atoms. The molecule has 2 heterocycles. The van der Waals surface area contributed by atoms with E-state index >= 15 is 0 Å². The number of rotatable bonds is 7. The number of pyridine rings is 1. The average Bonchev–Trinajstić information content (AvgIpc) is 3.09. The number of fused-ring (bicyclic) bond motifs is 1. The molecule has 0 saturated carbocycles. The summed E-state index contributed by atoms with van der Waals surface area (Å²) in [4.78, 5) is 22.8. The molecule has 9 nitrogen and oxygen atoms in total. The number of non-ortho nitro benzene ring substituents is 1. The summed E-state index contributed by atoms with van der Waals surface area (Å²) in [6.45, 7) is 0. The maximum Gasteiger partial charge on any atom is 0.319 e. The fourth-order valence-electron chi connectivity index (χ4n) is 2.62. The van der Waals surface area contributed by atoms with Crippen molar-refractivity contribution in [2.75, 3.05) is 17.3 Å². The Kier molecular flexibility index (Phi) is 5.87. The van der Waals surface area contributed by atoms with Crippen LogP contribution in [-0.4, -0.2) is 37.6 Å². The highest BCUT2D eigenvalue weighted by Crippen LogP contribution is 2.20. The Morgan fingerprint density at radius 2 is 2.15 bits per heavy atom. The van der Waals surface area contributed by atoms with E-state index in [2.05, 4.69) is 20.8 Å². The third-order valence-electron chi connectivity index (χ3n) is 3.88. The minimum absolute atomic E-state index is 0.0878. The van der Waals surface area contributed by atoms with Gasteiger partial charge in [-0.3, -0.25) is 14.5 Å². The van der Waals surface area contributed by atoms with Gasteiger partial charge in [0.2, 0.25) is 0 Å². The quantitative estimate of drug-likeness (QED) is 0.476. The minimum Gasteiger partial charge on any atom is -0.328 e. The van der Waals surface area contributed by atoms with Crippen LogP contribution in [-0.2, 0) is 0 Å². The number of carbonyl (C=O) groups is 1. The van der Waals surface area contributed by atoms with Crippen LogP contribution >= 0.6 is 11.8 Å². The molecule has 2 amide bonds. The number of urea groups is 1. The van der Waals surface area contributed by atoms with Crippen molar-refractivity contribution >= 4 is 34.8 Å². The van der Waals surface area contributed by atoms with Gasteiger partial charge < -0.3 is 10.6 Å². The summed E-state index contributed by atoms with van der Waals surface area (Å²) in [6, 6.07) is 10.5. The molecule has 0 saturated heterocycles. The lowest BCUT2D eigenvalue weighted by Gasteiger charge is -2.17. The zero-order valence-electron chi connectivity index (χ0n) is 14.5. The van der Waals surface area contributed by atoms with Gasteiger partial charge >= 0.3 is 6.03 Å². The molecule has 2 aromatic heterocycles. The smallest absolute Gasteiger partial charge is 0.319 e. The predicted molar refractivity (Wildman–Crippen MR) is 104 cm³/mol. The van der Waals surface area contributed by atoms with Crippen molar-refractivity contribution in [2.24, 2.45) is 0 Å². The van der Waals surface area contributed by atoms with Crippen molar-refractivity contribution in [3.8, 4) is 0 Å². The number of benzene rings is 1. The number of hydrogen-bond donors (Lipinski definition) is 2. The monoisotopic (exact) mass is 386 g/mol. The maximum atomic E-state index is 12.4. The van der Waals surface area contributed by atoms with Crippen molar-refractivity contribution in [2.45, 2.75) is 12.5 Å². The van der Waals surface area contributed by atoms with Crippen LogP contribution in [0, 0.1) is 10.1 Å². The molecule has 10 heteroatoms. The van der Waals surface area contributed by atoms with Gasteiger partial charge in [0.25, 0.3) is 5.69 Å². The van der Waals surface area contributed by atoms with Crippen LogP contribution in [0.3, 0.4) is 0 Å². The van der Waals surface area contributed by atoms with Crippen LogP contribution in [0.4, 0.5) is 16.2 Å². The topological polar surface area (TPSA) is 114 Å². The number of nitrogens with one attached hydrogen (secondary N) is 2. The Morgan fingerprint density at radius 1 is 1.30 bits per heavy atom. The Labute approximate surface area is 159 Å². The SMILES string of the molecule is CSCC[C@@H](NC(=O)Nc1cccc([N+](=O)[O-])c1)c1nnc2ccccn12. The summed E-state index contributed by atoms with van der Waals surface area (Å²) in [5, 5.41) is 24.7. The Balaban J connectivity index is 1.77. The van der Waals surface area contributed by atoms with Crippen LogP contribution in [0.15, 0.2) is 48.7 Å². The van der Waals surface area contributed by atoms with E-state index in [4.69, 9.17) is 0 Å². The van der Waals surface area contributed by atoms with Gasteiger partial charge in [-0.25, -0.2) is 4.79 Å². The average molecular weight is 386 g/mol. The maximum absolute atomic E-state index is 12.4. The number of thioether (sulfide) groups is 1. The molecule has 0 radical (unpaired) electrons. The predicted octanol–water partition coefficient (Wildman–Crippen LogP) is 3.25. The molecule has 0 fully saturated rings. The molecule has 0 spiro atoms. The second-order valence-corrected chi connectivity index (χ2v) is 6.71. The molecule has 3 rings (SSSR count). The van der Waals surface area contributed by atoms with Gasteiger partial charge in [0.15, 0.2) is 11.5 Å². The molecular weight excluding hydrogens is 368 g/mol. The number of nitro benzene ring substituents is 1. The van der Waals surface area contributed by atoms with Gasteiger partial charge in [-0.15, -0.1) is 10.2 Å². The molecule has 1 aromatic carbocycles. The zero-order chi connectivity index (χ0) is 19.2. The molecule has 27 heavy (non-hydrogen) atoms. The molecule has 3 aromatic rings. The Hall–Kier alpha value is -3.14. The molecule has 0 aliphatic carbocycles.